The Morgan fingerprint density at radius 1 is 0.735 bits per heavy atom. The number of nitrogens with zero attached hydrogens (tertiary/aromatic N) is 1. The minimum absolute atomic E-state index is 0.0923. The summed E-state index contributed by atoms with van der Waals surface area (Å²) in [5.41, 5.74) is 11.3. The van der Waals surface area contributed by atoms with Crippen LogP contribution in [0.5, 0.6) is 0 Å². The van der Waals surface area contributed by atoms with E-state index in [1.807, 2.05) is 0 Å². The molecule has 0 fully saturated rings. The van der Waals surface area contributed by atoms with Crippen LogP contribution in [0.3, 0.4) is 0 Å². The summed E-state index contributed by atoms with van der Waals surface area (Å²) in [6, 6.07) is 6.83. The highest BCUT2D eigenvalue weighted by Gasteiger charge is 2.25. The number of benzene rings is 1. The van der Waals surface area contributed by atoms with E-state index in [2.05, 4.69) is 26.6 Å². The molecule has 0 saturated heterocycles. The van der Waals surface area contributed by atoms with Crippen LogP contribution in [0.1, 0.15) is 50.5 Å². The van der Waals surface area contributed by atoms with Gasteiger partial charge in [0, 0.05) is 31.5 Å². The standard InChI is InChI=1S/C32H46N8O9/c33-15-7-6-11-23(38-26(42)12-5-2-8-16-40-29(45)13-14-30(40)46)31(47)36-19-28(44)39-24(17-22-9-3-1-4-10-22)32(48)35-18-27(43)37-21-49-20-25(34)41/h1,3-4,9-10,13-14,23-24H,2,5-8,11-12,15-21,33H2,(H2,34,41)(H,35,48)(H,36,47)(H,37,43)(H,38,42)(H,39,44)/t23-,24-/m0/s1. The molecule has 1 aromatic rings. The smallest absolute Gasteiger partial charge is 0.253 e. The highest BCUT2D eigenvalue weighted by molar-refractivity contribution is 6.12. The van der Waals surface area contributed by atoms with Crippen molar-refractivity contribution >= 4 is 47.3 Å². The molecule has 1 aromatic carbocycles. The lowest BCUT2D eigenvalue weighted by atomic mass is 10.1. The first-order valence-corrected chi connectivity index (χ1v) is 16.0. The van der Waals surface area contributed by atoms with Gasteiger partial charge in [-0.25, -0.2) is 0 Å². The fourth-order valence-corrected chi connectivity index (χ4v) is 4.64. The van der Waals surface area contributed by atoms with E-state index in [0.717, 1.165) is 10.5 Å². The molecule has 9 N–H and O–H groups in total. The van der Waals surface area contributed by atoms with E-state index >= 15 is 0 Å². The number of ether oxygens (including phenoxy) is 1. The van der Waals surface area contributed by atoms with Crippen molar-refractivity contribution in [2.45, 2.75) is 63.5 Å². The van der Waals surface area contributed by atoms with Crippen molar-refractivity contribution in [1.29, 1.82) is 0 Å². The van der Waals surface area contributed by atoms with Gasteiger partial charge in [0.1, 0.15) is 25.4 Å². The molecule has 0 spiro atoms. The van der Waals surface area contributed by atoms with Gasteiger partial charge >= 0.3 is 0 Å². The Morgan fingerprint density at radius 2 is 1.37 bits per heavy atom. The summed E-state index contributed by atoms with van der Waals surface area (Å²) in [5.74, 6) is -4.31. The molecule has 17 heteroatoms. The van der Waals surface area contributed by atoms with Crippen molar-refractivity contribution in [3.05, 3.63) is 48.0 Å². The van der Waals surface area contributed by atoms with Crippen LogP contribution in [0.4, 0.5) is 0 Å². The zero-order chi connectivity index (χ0) is 36.0. The number of hydrogen-bond acceptors (Lipinski definition) is 10. The number of rotatable bonds is 24. The second-order valence-corrected chi connectivity index (χ2v) is 11.2. The number of carbonyl (C=O) groups is 8. The lowest BCUT2D eigenvalue weighted by Crippen LogP contribution is -2.53. The Hall–Kier alpha value is -5.16. The molecule has 0 bridgehead atoms. The average molecular weight is 687 g/mol. The molecule has 1 aliphatic rings. The summed E-state index contributed by atoms with van der Waals surface area (Å²) < 4.78 is 4.85. The quantitative estimate of drug-likeness (QED) is 0.0345. The fraction of sp³-hybridized carbons (Fsp3) is 0.500. The predicted octanol–water partition coefficient (Wildman–Crippen LogP) is -2.38. The van der Waals surface area contributed by atoms with E-state index in [-0.39, 0.29) is 56.9 Å². The third-order valence-electron chi connectivity index (χ3n) is 7.18. The normalized spacial score (nSPS) is 13.4. The van der Waals surface area contributed by atoms with Gasteiger partial charge in [-0.2, -0.15) is 0 Å². The van der Waals surface area contributed by atoms with Crippen LogP contribution >= 0.6 is 0 Å². The number of primary amides is 1. The van der Waals surface area contributed by atoms with Gasteiger partial charge in [-0.15, -0.1) is 0 Å². The highest BCUT2D eigenvalue weighted by Crippen LogP contribution is 2.09. The molecule has 2 atom stereocenters. The number of imide groups is 1. The molecule has 1 aliphatic heterocycles. The van der Waals surface area contributed by atoms with Crippen LogP contribution in [-0.2, 0) is 49.5 Å². The van der Waals surface area contributed by atoms with Crippen LogP contribution < -0.4 is 38.1 Å². The number of carbonyl (C=O) groups excluding carboxylic acids is 8. The zero-order valence-electron chi connectivity index (χ0n) is 27.4. The molecule has 2 rings (SSSR count). The first-order chi connectivity index (χ1) is 23.5. The summed E-state index contributed by atoms with van der Waals surface area (Å²) in [6.45, 7) is -0.938. The lowest BCUT2D eigenvalue weighted by Gasteiger charge is -2.21. The van der Waals surface area contributed by atoms with Crippen molar-refractivity contribution < 1.29 is 43.1 Å². The van der Waals surface area contributed by atoms with Crippen LogP contribution in [0.2, 0.25) is 0 Å². The summed E-state index contributed by atoms with van der Waals surface area (Å²) in [5, 5.41) is 12.6. The van der Waals surface area contributed by atoms with Crippen molar-refractivity contribution in [3.8, 4) is 0 Å². The average Bonchev–Trinajstić information content (AvgIpc) is 3.40. The number of hydrogen-bond donors (Lipinski definition) is 7. The van der Waals surface area contributed by atoms with Gasteiger partial charge < -0.3 is 42.8 Å². The Labute approximate surface area is 284 Å². The fourth-order valence-electron chi connectivity index (χ4n) is 4.64. The van der Waals surface area contributed by atoms with E-state index < -0.39 is 54.7 Å². The van der Waals surface area contributed by atoms with Crippen LogP contribution in [-0.4, -0.2) is 104 Å². The molecule has 0 saturated carbocycles. The third kappa shape index (κ3) is 16.5. The summed E-state index contributed by atoms with van der Waals surface area (Å²) in [6.07, 6.45) is 5.71. The van der Waals surface area contributed by atoms with Crippen molar-refractivity contribution in [3.63, 3.8) is 0 Å². The number of amides is 8. The Kier molecular flexibility index (Phi) is 18.3. The van der Waals surface area contributed by atoms with Crippen LogP contribution in [0, 0.1) is 0 Å². The van der Waals surface area contributed by atoms with Gasteiger partial charge in [-0.3, -0.25) is 43.3 Å². The van der Waals surface area contributed by atoms with Gasteiger partial charge in [-0.05, 0) is 44.2 Å². The van der Waals surface area contributed by atoms with E-state index in [9.17, 15) is 38.4 Å². The molecule has 0 aromatic heterocycles. The van der Waals surface area contributed by atoms with Gasteiger partial charge in [0.05, 0.1) is 13.1 Å². The largest absolute Gasteiger partial charge is 0.368 e. The topological polar surface area (TPSA) is 261 Å². The summed E-state index contributed by atoms with van der Waals surface area (Å²) >= 11 is 0. The van der Waals surface area contributed by atoms with E-state index in [1.54, 1.807) is 30.3 Å². The predicted molar refractivity (Wildman–Crippen MR) is 175 cm³/mol. The van der Waals surface area contributed by atoms with E-state index in [4.69, 9.17) is 16.2 Å². The number of nitrogens with two attached hydrogens (primary N) is 2. The maximum atomic E-state index is 13.0. The number of nitrogens with one attached hydrogen (secondary N) is 5. The summed E-state index contributed by atoms with van der Waals surface area (Å²) in [4.78, 5) is 98.7. The lowest BCUT2D eigenvalue weighted by molar-refractivity contribution is -0.137. The van der Waals surface area contributed by atoms with Crippen LogP contribution in [0.15, 0.2) is 42.5 Å². The molecule has 0 unspecified atom stereocenters. The van der Waals surface area contributed by atoms with Crippen molar-refractivity contribution in [2.24, 2.45) is 11.5 Å². The molecule has 268 valence electrons. The Bertz CT molecular complexity index is 1320. The first-order valence-electron chi connectivity index (χ1n) is 16.0. The van der Waals surface area contributed by atoms with Crippen molar-refractivity contribution in [2.75, 3.05) is 39.5 Å². The highest BCUT2D eigenvalue weighted by atomic mass is 16.5. The Balaban J connectivity index is 1.87. The minimum atomic E-state index is -1.09. The van der Waals surface area contributed by atoms with Gasteiger partial charge in [0.2, 0.25) is 35.4 Å². The molecule has 1 heterocycles. The minimum Gasteiger partial charge on any atom is -0.368 e. The van der Waals surface area contributed by atoms with Gasteiger partial charge in [0.25, 0.3) is 11.8 Å². The monoisotopic (exact) mass is 686 g/mol. The van der Waals surface area contributed by atoms with E-state index in [1.165, 1.54) is 12.2 Å². The molecule has 0 radical (unpaired) electrons. The van der Waals surface area contributed by atoms with Gasteiger partial charge in [-0.1, -0.05) is 36.8 Å². The molecule has 17 nitrogen and oxygen atoms in total. The molecular weight excluding hydrogens is 640 g/mol. The third-order valence-corrected chi connectivity index (χ3v) is 7.18. The maximum Gasteiger partial charge on any atom is 0.253 e. The van der Waals surface area contributed by atoms with Gasteiger partial charge in [0.15, 0.2) is 0 Å². The Morgan fingerprint density at radius 3 is 2.02 bits per heavy atom. The van der Waals surface area contributed by atoms with E-state index in [0.29, 0.717) is 38.6 Å². The molecule has 0 aliphatic carbocycles. The van der Waals surface area contributed by atoms with Crippen LogP contribution in [0.25, 0.3) is 0 Å². The summed E-state index contributed by atoms with van der Waals surface area (Å²) in [7, 11) is 0. The molecular formula is C32H46N8O9. The second kappa shape index (κ2) is 22.4. The second-order valence-electron chi connectivity index (χ2n) is 11.2. The number of unbranched alkanes of at least 4 members (excludes halogenated alkanes) is 3. The molecule has 8 amide bonds. The zero-order valence-corrected chi connectivity index (χ0v) is 27.4. The first kappa shape index (κ1) is 40.0. The molecule has 49 heavy (non-hydrogen) atoms. The van der Waals surface area contributed by atoms with Crippen molar-refractivity contribution in [1.82, 2.24) is 31.5 Å². The maximum absolute atomic E-state index is 13.0. The SMILES string of the molecule is NCCCC[C@H](NC(=O)CCCCCN1C(=O)C=CC1=O)C(=O)NCC(=O)N[C@@H](Cc1ccccc1)C(=O)NCC(=O)NCOCC(N)=O.